The molecule has 0 aromatic heterocycles. The first-order valence-corrected chi connectivity index (χ1v) is 13.7. The molecule has 0 heterocycles. The van der Waals surface area contributed by atoms with Gasteiger partial charge in [-0.3, -0.25) is 4.79 Å². The number of ether oxygens (including phenoxy) is 2. The minimum atomic E-state index is -3.42. The average Bonchev–Trinajstić information content (AvgIpc) is 2.85. The van der Waals surface area contributed by atoms with Gasteiger partial charge in [-0.1, -0.05) is 61.7 Å². The average molecular weight is 534 g/mol. The fourth-order valence-corrected chi connectivity index (χ4v) is 4.14. The Balaban J connectivity index is 2.22. The Labute approximate surface area is 216 Å². The third-order valence-corrected chi connectivity index (χ3v) is 6.47. The second kappa shape index (κ2) is 14.7. The van der Waals surface area contributed by atoms with Crippen LogP contribution in [-0.4, -0.2) is 51.5 Å². The van der Waals surface area contributed by atoms with Crippen LogP contribution in [0.25, 0.3) is 11.1 Å². The van der Waals surface area contributed by atoms with Gasteiger partial charge in [0.05, 0.1) is 23.7 Å². The first-order valence-electron chi connectivity index (χ1n) is 11.8. The molecule has 0 amide bonds. The summed E-state index contributed by atoms with van der Waals surface area (Å²) in [5.41, 5.74) is 1.68. The largest absolute Gasteiger partial charge is 0.462 e. The van der Waals surface area contributed by atoms with E-state index in [-0.39, 0.29) is 30.3 Å². The molecule has 0 spiro atoms. The van der Waals surface area contributed by atoms with E-state index >= 15 is 0 Å². The van der Waals surface area contributed by atoms with Crippen LogP contribution in [0.15, 0.2) is 59.5 Å². The molecule has 0 aliphatic heterocycles. The van der Waals surface area contributed by atoms with Crippen LogP contribution in [0.4, 0.5) is 0 Å². The fraction of sp³-hybridized carbons (Fsp3) is 0.385. The number of benzene rings is 2. The summed E-state index contributed by atoms with van der Waals surface area (Å²) in [6.45, 7) is 1.27. The lowest BCUT2D eigenvalue weighted by Crippen LogP contribution is -2.14. The molecule has 200 valence electrons. The molecule has 0 unspecified atom stereocenters. The van der Waals surface area contributed by atoms with Gasteiger partial charge in [-0.05, 0) is 36.1 Å². The van der Waals surface area contributed by atoms with E-state index in [1.807, 2.05) is 0 Å². The van der Waals surface area contributed by atoms with Crippen LogP contribution < -0.4 is 0 Å². The van der Waals surface area contributed by atoms with Crippen molar-refractivity contribution in [2.45, 2.75) is 43.9 Å². The van der Waals surface area contributed by atoms with Gasteiger partial charge in [0.25, 0.3) is 5.09 Å². The number of unbranched alkanes of at least 4 members (excludes halogenated alkanes) is 4. The zero-order chi connectivity index (χ0) is 27.3. The number of rotatable bonds is 15. The molecule has 0 aliphatic rings. The summed E-state index contributed by atoms with van der Waals surface area (Å²) < 4.78 is 34.5. The number of carbonyl (C=O) groups is 2. The first kappa shape index (κ1) is 29.5. The highest BCUT2D eigenvalue weighted by molar-refractivity contribution is 7.90. The highest BCUT2D eigenvalue weighted by Gasteiger charge is 2.22. The Morgan fingerprint density at radius 3 is 2.00 bits per heavy atom. The molecule has 0 atom stereocenters. The van der Waals surface area contributed by atoms with Crippen LogP contribution in [0.5, 0.6) is 0 Å². The van der Waals surface area contributed by atoms with Gasteiger partial charge in [0.15, 0.2) is 9.84 Å². The molecule has 0 bridgehead atoms. The summed E-state index contributed by atoms with van der Waals surface area (Å²) in [6, 6.07) is 14.8. The van der Waals surface area contributed by atoms with Gasteiger partial charge in [-0.15, -0.1) is 10.1 Å². The van der Waals surface area contributed by atoms with Crippen LogP contribution in [0.2, 0.25) is 0 Å². The maximum atomic E-state index is 13.3. The van der Waals surface area contributed by atoms with Crippen molar-refractivity contribution in [3.63, 3.8) is 0 Å². The van der Waals surface area contributed by atoms with E-state index in [1.54, 1.807) is 42.5 Å². The fourth-order valence-electron chi connectivity index (χ4n) is 3.51. The topological polar surface area (TPSA) is 139 Å². The number of nitrogens with zero attached hydrogens (tertiary/aromatic N) is 1. The summed E-state index contributed by atoms with van der Waals surface area (Å²) in [6.07, 6.45) is 4.61. The normalized spacial score (nSPS) is 11.8. The van der Waals surface area contributed by atoms with Gasteiger partial charge in [0, 0.05) is 18.8 Å². The molecule has 0 fully saturated rings. The van der Waals surface area contributed by atoms with E-state index in [2.05, 4.69) is 4.84 Å². The van der Waals surface area contributed by atoms with Crippen molar-refractivity contribution in [3.05, 3.63) is 75.8 Å². The third-order valence-electron chi connectivity index (χ3n) is 5.34. The molecule has 2 rings (SSSR count). The molecule has 0 N–H and O–H groups in total. The molecule has 11 heteroatoms. The van der Waals surface area contributed by atoms with Crippen molar-refractivity contribution in [2.75, 3.05) is 26.1 Å². The lowest BCUT2D eigenvalue weighted by molar-refractivity contribution is -0.757. The van der Waals surface area contributed by atoms with Gasteiger partial charge >= 0.3 is 11.9 Å². The van der Waals surface area contributed by atoms with Gasteiger partial charge < -0.3 is 14.3 Å². The Kier molecular flexibility index (Phi) is 11.8. The van der Waals surface area contributed by atoms with Crippen LogP contribution in [0.1, 0.15) is 50.2 Å². The van der Waals surface area contributed by atoms with Gasteiger partial charge in [0.1, 0.15) is 6.61 Å². The summed E-state index contributed by atoms with van der Waals surface area (Å²) in [5.74, 6) is -1.13. The summed E-state index contributed by atoms with van der Waals surface area (Å²) in [5, 5.41) is 9.33. The molecule has 10 nitrogen and oxygen atoms in total. The molecule has 2 aromatic carbocycles. The molecular formula is C26H31NO9S. The molecule has 0 saturated heterocycles. The number of sulfone groups is 1. The molecule has 0 aliphatic carbocycles. The van der Waals surface area contributed by atoms with Crippen LogP contribution in [0, 0.1) is 10.1 Å². The molecule has 0 saturated carbocycles. The van der Waals surface area contributed by atoms with E-state index < -0.39 is 26.9 Å². The summed E-state index contributed by atoms with van der Waals surface area (Å²) in [7, 11) is -3.42. The van der Waals surface area contributed by atoms with Crippen LogP contribution in [-0.2, 0) is 33.7 Å². The molecule has 2 aromatic rings. The van der Waals surface area contributed by atoms with Gasteiger partial charge in [0.2, 0.25) is 0 Å². The Morgan fingerprint density at radius 2 is 1.43 bits per heavy atom. The van der Waals surface area contributed by atoms with Crippen LogP contribution >= 0.6 is 0 Å². The zero-order valence-electron chi connectivity index (χ0n) is 20.9. The minimum absolute atomic E-state index is 0.0590. The van der Waals surface area contributed by atoms with E-state index in [0.29, 0.717) is 29.5 Å². The number of hydrogen-bond acceptors (Lipinski definition) is 9. The lowest BCUT2D eigenvalue weighted by atomic mass is 9.95. The Morgan fingerprint density at radius 1 is 0.838 bits per heavy atom. The van der Waals surface area contributed by atoms with E-state index in [1.165, 1.54) is 19.1 Å². The number of carbonyl (C=O) groups excluding carboxylic acids is 2. The maximum Gasteiger partial charge on any atom is 0.339 e. The third kappa shape index (κ3) is 10.4. The number of esters is 2. The quantitative estimate of drug-likeness (QED) is 0.0820. The predicted octanol–water partition coefficient (Wildman–Crippen LogP) is 4.27. The molecular weight excluding hydrogens is 502 g/mol. The van der Waals surface area contributed by atoms with Gasteiger partial charge in [-0.2, -0.15) is 0 Å². The standard InChI is InChI=1S/C26H31NO9S/c1-20(28)35-19-24(21-13-15-23(16-14-21)37(2,32)33)25(22-11-7-6-8-12-22)26(29)34-17-9-4-3-5-10-18-36-27(30)31/h6-8,11-16H,3-5,9-10,17-19H2,1-2H3. The second-order valence-corrected chi connectivity index (χ2v) is 10.3. The maximum absolute atomic E-state index is 13.3. The van der Waals surface area contributed by atoms with Gasteiger partial charge in [-0.25, -0.2) is 13.2 Å². The van der Waals surface area contributed by atoms with Crippen molar-refractivity contribution in [1.82, 2.24) is 0 Å². The van der Waals surface area contributed by atoms with Crippen molar-refractivity contribution in [3.8, 4) is 0 Å². The van der Waals surface area contributed by atoms with E-state index in [9.17, 15) is 28.1 Å². The first-order chi connectivity index (χ1) is 17.6. The highest BCUT2D eigenvalue weighted by atomic mass is 32.2. The Bertz CT molecular complexity index is 1190. The minimum Gasteiger partial charge on any atom is -0.462 e. The van der Waals surface area contributed by atoms with Crippen molar-refractivity contribution in [2.24, 2.45) is 0 Å². The SMILES string of the molecule is CC(=O)OCC(=C(C(=O)OCCCCCCCO[N+](=O)[O-])c1ccccc1)c1ccc(S(C)(=O)=O)cc1. The van der Waals surface area contributed by atoms with E-state index in [4.69, 9.17) is 9.47 Å². The lowest BCUT2D eigenvalue weighted by Gasteiger charge is -2.16. The van der Waals surface area contributed by atoms with Crippen LogP contribution in [0.3, 0.4) is 0 Å². The van der Waals surface area contributed by atoms with Crippen molar-refractivity contribution >= 4 is 32.9 Å². The Hall–Kier alpha value is -3.73. The van der Waals surface area contributed by atoms with Crippen molar-refractivity contribution < 1.29 is 37.4 Å². The highest BCUT2D eigenvalue weighted by Crippen LogP contribution is 2.29. The smallest absolute Gasteiger partial charge is 0.339 e. The van der Waals surface area contributed by atoms with Crippen molar-refractivity contribution in [1.29, 1.82) is 0 Å². The molecule has 0 radical (unpaired) electrons. The number of hydrogen-bond donors (Lipinski definition) is 0. The summed E-state index contributed by atoms with van der Waals surface area (Å²) >= 11 is 0. The van der Waals surface area contributed by atoms with E-state index in [0.717, 1.165) is 25.5 Å². The monoisotopic (exact) mass is 533 g/mol. The predicted molar refractivity (Wildman–Crippen MR) is 136 cm³/mol. The second-order valence-electron chi connectivity index (χ2n) is 8.26. The summed E-state index contributed by atoms with van der Waals surface area (Å²) in [4.78, 5) is 39.4. The molecule has 37 heavy (non-hydrogen) atoms. The zero-order valence-corrected chi connectivity index (χ0v) is 21.7.